The standard InChI is InChI=1S/C21H30O4/c1-12-7-9-19(3)20(4,25)16(24)8-10-21(19)17-13(11-18(12,21)2)14(22)5-6-15(17)23/h5-6,12,16,22-25H,7-11H2,1-4H3. The van der Waals surface area contributed by atoms with Crippen molar-refractivity contribution in [1.29, 1.82) is 0 Å². The van der Waals surface area contributed by atoms with Crippen LogP contribution in [0.5, 0.6) is 11.5 Å². The normalized spacial score (nSPS) is 48.6. The minimum absolute atomic E-state index is 0.178. The summed E-state index contributed by atoms with van der Waals surface area (Å²) in [4.78, 5) is 0. The van der Waals surface area contributed by atoms with Gasteiger partial charge in [0.1, 0.15) is 11.5 Å². The Kier molecular flexibility index (Phi) is 3.24. The van der Waals surface area contributed by atoms with Crippen LogP contribution in [0.1, 0.15) is 64.5 Å². The minimum atomic E-state index is -1.24. The van der Waals surface area contributed by atoms with Crippen molar-refractivity contribution in [2.75, 3.05) is 0 Å². The van der Waals surface area contributed by atoms with Crippen molar-refractivity contribution < 1.29 is 20.4 Å². The molecule has 1 aromatic carbocycles. The lowest BCUT2D eigenvalue weighted by atomic mass is 9.36. The van der Waals surface area contributed by atoms with Gasteiger partial charge in [0.05, 0.1) is 11.7 Å². The Morgan fingerprint density at radius 2 is 1.64 bits per heavy atom. The van der Waals surface area contributed by atoms with Crippen molar-refractivity contribution in [3.05, 3.63) is 23.3 Å². The van der Waals surface area contributed by atoms with Crippen LogP contribution in [0.15, 0.2) is 12.1 Å². The van der Waals surface area contributed by atoms with E-state index in [1.807, 2.05) is 0 Å². The van der Waals surface area contributed by atoms with Crippen LogP contribution in [0.3, 0.4) is 0 Å². The lowest BCUT2D eigenvalue weighted by Gasteiger charge is -2.69. The minimum Gasteiger partial charge on any atom is -0.508 e. The third-order valence-corrected chi connectivity index (χ3v) is 8.88. The monoisotopic (exact) mass is 346 g/mol. The van der Waals surface area contributed by atoms with E-state index in [0.29, 0.717) is 25.2 Å². The quantitative estimate of drug-likeness (QED) is 0.544. The van der Waals surface area contributed by atoms with Gasteiger partial charge >= 0.3 is 0 Å². The van der Waals surface area contributed by atoms with Gasteiger partial charge in [-0.2, -0.15) is 0 Å². The molecule has 0 aliphatic heterocycles. The highest BCUT2D eigenvalue weighted by atomic mass is 16.3. The molecule has 3 aliphatic carbocycles. The summed E-state index contributed by atoms with van der Waals surface area (Å²) in [5.74, 6) is 0.847. The molecular weight excluding hydrogens is 316 g/mol. The Labute approximate surface area is 149 Å². The van der Waals surface area contributed by atoms with Crippen LogP contribution >= 0.6 is 0 Å². The lowest BCUT2D eigenvalue weighted by molar-refractivity contribution is -0.245. The molecule has 4 nitrogen and oxygen atoms in total. The summed E-state index contributed by atoms with van der Waals surface area (Å²) in [5, 5.41) is 43.4. The van der Waals surface area contributed by atoms with Crippen LogP contribution in [0, 0.1) is 16.7 Å². The molecule has 1 aromatic rings. The van der Waals surface area contributed by atoms with Gasteiger partial charge in [-0.05, 0) is 62.5 Å². The topological polar surface area (TPSA) is 80.9 Å². The highest BCUT2D eigenvalue weighted by molar-refractivity contribution is 5.59. The number of phenolic OH excluding ortho intramolecular Hbond substituents is 2. The van der Waals surface area contributed by atoms with Crippen molar-refractivity contribution in [2.45, 2.75) is 76.9 Å². The maximum atomic E-state index is 11.4. The Morgan fingerprint density at radius 1 is 1.00 bits per heavy atom. The number of benzene rings is 1. The van der Waals surface area contributed by atoms with E-state index in [-0.39, 0.29) is 16.9 Å². The van der Waals surface area contributed by atoms with Crippen molar-refractivity contribution >= 4 is 0 Å². The summed E-state index contributed by atoms with van der Waals surface area (Å²) in [6.45, 7) is 8.34. The van der Waals surface area contributed by atoms with E-state index < -0.39 is 22.5 Å². The number of rotatable bonds is 0. The average Bonchev–Trinajstić information content (AvgIpc) is 2.84. The van der Waals surface area contributed by atoms with Crippen LogP contribution in [0.25, 0.3) is 0 Å². The van der Waals surface area contributed by atoms with Gasteiger partial charge in [-0.15, -0.1) is 0 Å². The molecule has 6 unspecified atom stereocenters. The van der Waals surface area contributed by atoms with Gasteiger partial charge in [-0.1, -0.05) is 20.8 Å². The Morgan fingerprint density at radius 3 is 2.32 bits per heavy atom. The summed E-state index contributed by atoms with van der Waals surface area (Å²) in [6.07, 6.45) is 2.90. The van der Waals surface area contributed by atoms with E-state index in [2.05, 4.69) is 20.8 Å². The molecule has 0 bridgehead atoms. The predicted octanol–water partition coefficient (Wildman–Crippen LogP) is 3.24. The summed E-state index contributed by atoms with van der Waals surface area (Å²) >= 11 is 0. The number of hydrogen-bond donors (Lipinski definition) is 4. The van der Waals surface area contributed by atoms with Gasteiger partial charge in [0.2, 0.25) is 0 Å². The van der Waals surface area contributed by atoms with E-state index in [0.717, 1.165) is 24.0 Å². The fourth-order valence-electron chi connectivity index (χ4n) is 6.99. The average molecular weight is 346 g/mol. The number of hydrogen-bond acceptors (Lipinski definition) is 4. The Balaban J connectivity index is 2.10. The van der Waals surface area contributed by atoms with Crippen LogP contribution in [-0.2, 0) is 11.8 Å². The number of aliphatic hydroxyl groups is 2. The number of aromatic hydroxyl groups is 2. The first-order valence-corrected chi connectivity index (χ1v) is 9.48. The van der Waals surface area contributed by atoms with Gasteiger partial charge in [0.25, 0.3) is 0 Å². The van der Waals surface area contributed by atoms with Gasteiger partial charge in [0, 0.05) is 22.0 Å². The van der Waals surface area contributed by atoms with E-state index >= 15 is 0 Å². The fraction of sp³-hybridized carbons (Fsp3) is 0.714. The highest BCUT2D eigenvalue weighted by Crippen LogP contribution is 2.75. The largest absolute Gasteiger partial charge is 0.508 e. The van der Waals surface area contributed by atoms with Crippen LogP contribution < -0.4 is 0 Å². The molecule has 0 aromatic heterocycles. The van der Waals surface area contributed by atoms with E-state index in [4.69, 9.17) is 0 Å². The van der Waals surface area contributed by atoms with Crippen molar-refractivity contribution in [3.8, 4) is 11.5 Å². The molecule has 0 amide bonds. The van der Waals surface area contributed by atoms with Crippen molar-refractivity contribution in [3.63, 3.8) is 0 Å². The second-order valence-corrected chi connectivity index (χ2v) is 9.43. The molecule has 138 valence electrons. The Hall–Kier alpha value is -1.26. The smallest absolute Gasteiger partial charge is 0.119 e. The molecule has 6 atom stereocenters. The van der Waals surface area contributed by atoms with E-state index in [1.54, 1.807) is 19.1 Å². The van der Waals surface area contributed by atoms with Gasteiger partial charge in [0.15, 0.2) is 0 Å². The lowest BCUT2D eigenvalue weighted by Crippen LogP contribution is -2.71. The summed E-state index contributed by atoms with van der Waals surface area (Å²) < 4.78 is 0. The SMILES string of the molecule is CC1CCC2(C)C(C)(O)C(O)CCC23c2c(O)ccc(O)c2CC13C. The molecular formula is C21H30O4. The van der Waals surface area contributed by atoms with Gasteiger partial charge < -0.3 is 20.4 Å². The second-order valence-electron chi connectivity index (χ2n) is 9.43. The summed E-state index contributed by atoms with van der Waals surface area (Å²) in [7, 11) is 0. The van der Waals surface area contributed by atoms with E-state index in [1.165, 1.54) is 0 Å². The zero-order chi connectivity index (χ0) is 18.4. The zero-order valence-corrected chi connectivity index (χ0v) is 15.6. The zero-order valence-electron chi connectivity index (χ0n) is 15.6. The predicted molar refractivity (Wildman–Crippen MR) is 95.6 cm³/mol. The first-order valence-electron chi connectivity index (χ1n) is 9.48. The number of aliphatic hydroxyl groups excluding tert-OH is 1. The van der Waals surface area contributed by atoms with Crippen LogP contribution in [0.4, 0.5) is 0 Å². The van der Waals surface area contributed by atoms with Crippen LogP contribution in [-0.4, -0.2) is 32.1 Å². The molecule has 2 fully saturated rings. The highest BCUT2D eigenvalue weighted by Gasteiger charge is 2.74. The second kappa shape index (κ2) is 4.72. The summed E-state index contributed by atoms with van der Waals surface area (Å²) in [5.41, 5.74) is -0.811. The molecule has 0 saturated heterocycles. The molecule has 4 heteroatoms. The van der Waals surface area contributed by atoms with Gasteiger partial charge in [-0.25, -0.2) is 0 Å². The Bertz CT molecular complexity index is 742. The molecule has 0 heterocycles. The third kappa shape index (κ3) is 1.62. The van der Waals surface area contributed by atoms with Crippen molar-refractivity contribution in [1.82, 2.24) is 0 Å². The maximum absolute atomic E-state index is 11.4. The molecule has 4 rings (SSSR count). The van der Waals surface area contributed by atoms with E-state index in [9.17, 15) is 20.4 Å². The number of fused-ring (bicyclic) bond motifs is 1. The molecule has 1 spiro atoms. The summed E-state index contributed by atoms with van der Waals surface area (Å²) in [6, 6.07) is 3.15. The van der Waals surface area contributed by atoms with Crippen LogP contribution in [0.2, 0.25) is 0 Å². The molecule has 3 aliphatic rings. The fourth-order valence-corrected chi connectivity index (χ4v) is 6.99. The third-order valence-electron chi connectivity index (χ3n) is 8.88. The first kappa shape index (κ1) is 17.2. The first-order chi connectivity index (χ1) is 11.5. The molecule has 4 N–H and O–H groups in total. The number of phenols is 2. The maximum Gasteiger partial charge on any atom is 0.119 e. The molecule has 25 heavy (non-hydrogen) atoms. The van der Waals surface area contributed by atoms with Crippen molar-refractivity contribution in [2.24, 2.45) is 16.7 Å². The van der Waals surface area contributed by atoms with Gasteiger partial charge in [-0.3, -0.25) is 0 Å². The molecule has 0 radical (unpaired) electrons. The molecule has 2 saturated carbocycles.